The average Bonchev–Trinajstić information content (AvgIpc) is 3.90. The predicted octanol–water partition coefficient (Wildman–Crippen LogP) is 13.4. The van der Waals surface area contributed by atoms with Crippen molar-refractivity contribution < 1.29 is 0 Å². The Morgan fingerprint density at radius 1 is 0.390 bits per heavy atom. The summed E-state index contributed by atoms with van der Waals surface area (Å²) in [5, 5.41) is 4.64. The van der Waals surface area contributed by atoms with Crippen LogP contribution in [0.2, 0.25) is 0 Å². The van der Waals surface area contributed by atoms with Gasteiger partial charge in [-0.25, -0.2) is 4.98 Å². The first kappa shape index (κ1) is 33.5. The van der Waals surface area contributed by atoms with Gasteiger partial charge in [0.25, 0.3) is 0 Å². The molecule has 11 aromatic rings. The van der Waals surface area contributed by atoms with Crippen LogP contribution < -0.4 is 0 Å². The van der Waals surface area contributed by atoms with E-state index >= 15 is 0 Å². The van der Waals surface area contributed by atoms with Gasteiger partial charge in [-0.2, -0.15) is 9.97 Å². The molecule has 8 aromatic carbocycles. The Labute approximate surface area is 341 Å². The van der Waals surface area contributed by atoms with Crippen LogP contribution in [0.25, 0.3) is 100 Å². The first-order chi connectivity index (χ1) is 29.0. The Morgan fingerprint density at radius 3 is 1.69 bits per heavy atom. The molecule has 5 nitrogen and oxygen atoms in total. The quantitative estimate of drug-likeness (QED) is 0.176. The van der Waals surface area contributed by atoms with Gasteiger partial charge < -0.3 is 4.57 Å². The molecule has 0 saturated carbocycles. The van der Waals surface area contributed by atoms with Crippen LogP contribution in [0, 0.1) is 0 Å². The Balaban J connectivity index is 1.22. The summed E-state index contributed by atoms with van der Waals surface area (Å²) in [4.78, 5) is 16.4. The lowest BCUT2D eigenvalue weighted by Crippen LogP contribution is -2.14. The second-order valence-corrected chi connectivity index (χ2v) is 16.0. The highest BCUT2D eigenvalue weighted by atomic mass is 15.2. The number of benzene rings is 8. The second kappa shape index (κ2) is 12.7. The van der Waals surface area contributed by atoms with E-state index in [1.54, 1.807) is 0 Å². The van der Waals surface area contributed by atoms with E-state index in [0.717, 1.165) is 60.8 Å². The molecule has 0 aliphatic heterocycles. The van der Waals surface area contributed by atoms with Crippen molar-refractivity contribution in [1.29, 1.82) is 0 Å². The SMILES string of the molecule is CC1(C)c2ccccc2-c2c(-c3nc(-c4cccc(-c5ccccc5)c4)nc(-n4c5ccccc5c5ccc6c7ccccc7n(-c7ccccc7)c6c54)n3)cccc21. The highest BCUT2D eigenvalue weighted by Crippen LogP contribution is 2.52. The van der Waals surface area contributed by atoms with Crippen molar-refractivity contribution in [1.82, 2.24) is 24.1 Å². The predicted molar refractivity (Wildman–Crippen MR) is 242 cm³/mol. The van der Waals surface area contributed by atoms with Gasteiger partial charge in [-0.05, 0) is 63.7 Å². The minimum atomic E-state index is -0.173. The molecule has 5 heteroatoms. The first-order valence-corrected chi connectivity index (χ1v) is 20.2. The van der Waals surface area contributed by atoms with E-state index in [-0.39, 0.29) is 5.41 Å². The van der Waals surface area contributed by atoms with E-state index in [9.17, 15) is 0 Å². The molecule has 0 radical (unpaired) electrons. The summed E-state index contributed by atoms with van der Waals surface area (Å²) in [7, 11) is 0. The number of hydrogen-bond donors (Lipinski definition) is 0. The van der Waals surface area contributed by atoms with Gasteiger partial charge in [-0.1, -0.05) is 172 Å². The van der Waals surface area contributed by atoms with Gasteiger partial charge in [-0.3, -0.25) is 4.57 Å². The number of rotatable bonds is 5. The van der Waals surface area contributed by atoms with Crippen molar-refractivity contribution >= 4 is 43.6 Å². The van der Waals surface area contributed by atoms with Crippen LogP contribution in [0.5, 0.6) is 0 Å². The maximum absolute atomic E-state index is 5.55. The third kappa shape index (κ3) is 4.95. The summed E-state index contributed by atoms with van der Waals surface area (Å²) in [5.41, 5.74) is 14.4. The van der Waals surface area contributed by atoms with Gasteiger partial charge in [0.05, 0.1) is 22.1 Å². The highest BCUT2D eigenvalue weighted by Gasteiger charge is 2.37. The highest BCUT2D eigenvalue weighted by molar-refractivity contribution is 6.23. The maximum Gasteiger partial charge on any atom is 0.238 e. The second-order valence-electron chi connectivity index (χ2n) is 16.0. The van der Waals surface area contributed by atoms with Gasteiger partial charge in [0.2, 0.25) is 5.95 Å². The van der Waals surface area contributed by atoms with Crippen LogP contribution in [0.3, 0.4) is 0 Å². The molecular formula is C54H37N5. The zero-order valence-electron chi connectivity index (χ0n) is 32.6. The summed E-state index contributed by atoms with van der Waals surface area (Å²) in [6, 6.07) is 67.0. The normalized spacial score (nSPS) is 13.1. The Hall–Kier alpha value is -7.63. The van der Waals surface area contributed by atoms with E-state index < -0.39 is 0 Å². The van der Waals surface area contributed by atoms with Crippen molar-refractivity contribution in [2.75, 3.05) is 0 Å². The summed E-state index contributed by atoms with van der Waals surface area (Å²) >= 11 is 0. The van der Waals surface area contributed by atoms with Crippen molar-refractivity contribution in [3.63, 3.8) is 0 Å². The molecule has 59 heavy (non-hydrogen) atoms. The fraction of sp³-hybridized carbons (Fsp3) is 0.0556. The fourth-order valence-corrected chi connectivity index (χ4v) is 9.68. The molecule has 0 N–H and O–H groups in total. The molecule has 0 bridgehead atoms. The molecule has 0 amide bonds. The zero-order valence-corrected chi connectivity index (χ0v) is 32.6. The lowest BCUT2D eigenvalue weighted by molar-refractivity contribution is 0.660. The van der Waals surface area contributed by atoms with Crippen molar-refractivity contribution in [2.45, 2.75) is 19.3 Å². The molecule has 0 atom stereocenters. The zero-order chi connectivity index (χ0) is 39.2. The summed E-state index contributed by atoms with van der Waals surface area (Å²) in [5.74, 6) is 1.83. The van der Waals surface area contributed by atoms with Gasteiger partial charge in [-0.15, -0.1) is 0 Å². The molecule has 3 heterocycles. The monoisotopic (exact) mass is 755 g/mol. The maximum atomic E-state index is 5.55. The Morgan fingerprint density at radius 2 is 0.932 bits per heavy atom. The Kier molecular flexibility index (Phi) is 7.20. The molecule has 0 fully saturated rings. The molecule has 12 rings (SSSR count). The van der Waals surface area contributed by atoms with Crippen LogP contribution in [0.1, 0.15) is 25.0 Å². The van der Waals surface area contributed by atoms with Crippen molar-refractivity contribution in [3.8, 4) is 56.7 Å². The third-order valence-electron chi connectivity index (χ3n) is 12.4. The van der Waals surface area contributed by atoms with E-state index in [0.29, 0.717) is 17.6 Å². The standard InChI is InChI=1S/C54H37N5/c1-54(2)44-27-12-9-25-42(44)48-43(26-16-28-45(48)54)52-55-51(36-20-15-19-35(33-36)34-17-5-3-6-18-34)56-53(57-52)59-47-30-14-11-24-39(47)41-32-31-40-38-23-10-13-29-46(38)58(49(40)50(41)59)37-21-7-4-8-22-37/h3-33H,1-2H3. The number of aromatic nitrogens is 5. The largest absolute Gasteiger partial charge is 0.307 e. The topological polar surface area (TPSA) is 48.5 Å². The molecule has 0 unspecified atom stereocenters. The number of para-hydroxylation sites is 3. The van der Waals surface area contributed by atoms with E-state index in [1.807, 2.05) is 0 Å². The first-order valence-electron chi connectivity index (χ1n) is 20.2. The van der Waals surface area contributed by atoms with Gasteiger partial charge in [0.15, 0.2) is 11.6 Å². The minimum absolute atomic E-state index is 0.173. The molecule has 3 aromatic heterocycles. The molecule has 0 spiro atoms. The summed E-state index contributed by atoms with van der Waals surface area (Å²) in [6.45, 7) is 4.63. The molecule has 278 valence electrons. The average molecular weight is 756 g/mol. The smallest absolute Gasteiger partial charge is 0.238 e. The number of fused-ring (bicyclic) bond motifs is 10. The van der Waals surface area contributed by atoms with Crippen molar-refractivity contribution in [2.24, 2.45) is 0 Å². The lowest BCUT2D eigenvalue weighted by atomic mass is 9.82. The van der Waals surface area contributed by atoms with Crippen LogP contribution >= 0.6 is 0 Å². The summed E-state index contributed by atoms with van der Waals surface area (Å²) < 4.78 is 4.68. The van der Waals surface area contributed by atoms with Gasteiger partial charge >= 0.3 is 0 Å². The minimum Gasteiger partial charge on any atom is -0.307 e. The van der Waals surface area contributed by atoms with Crippen LogP contribution in [-0.4, -0.2) is 24.1 Å². The molecule has 1 aliphatic carbocycles. The van der Waals surface area contributed by atoms with Crippen LogP contribution in [0.15, 0.2) is 188 Å². The number of hydrogen-bond acceptors (Lipinski definition) is 3. The molecular weight excluding hydrogens is 719 g/mol. The Bertz CT molecular complexity index is 3470. The number of nitrogens with zero attached hydrogens (tertiary/aromatic N) is 5. The van der Waals surface area contributed by atoms with E-state index in [2.05, 4.69) is 211 Å². The molecule has 1 aliphatic rings. The van der Waals surface area contributed by atoms with E-state index in [4.69, 9.17) is 15.0 Å². The van der Waals surface area contributed by atoms with Gasteiger partial charge in [0, 0.05) is 43.8 Å². The fourth-order valence-electron chi connectivity index (χ4n) is 9.68. The summed E-state index contributed by atoms with van der Waals surface area (Å²) in [6.07, 6.45) is 0. The van der Waals surface area contributed by atoms with Crippen LogP contribution in [-0.2, 0) is 5.41 Å². The van der Waals surface area contributed by atoms with Crippen LogP contribution in [0.4, 0.5) is 0 Å². The third-order valence-corrected chi connectivity index (χ3v) is 12.4. The van der Waals surface area contributed by atoms with Gasteiger partial charge in [0.1, 0.15) is 0 Å². The lowest BCUT2D eigenvalue weighted by Gasteiger charge is -2.21. The van der Waals surface area contributed by atoms with E-state index in [1.165, 1.54) is 33.0 Å². The molecule has 0 saturated heterocycles. The van der Waals surface area contributed by atoms with Crippen molar-refractivity contribution in [3.05, 3.63) is 199 Å².